The largest absolute Gasteiger partial charge is 0.510 e. The topological polar surface area (TPSA) is 978 Å². The zero-order valence-corrected chi connectivity index (χ0v) is 83.0. The number of nitrogens with one attached hydrogen (secondary N) is 6. The minimum Gasteiger partial charge on any atom is -0.432 e. The van der Waals surface area contributed by atoms with Crippen LogP contribution in [-0.2, 0) is 118 Å². The molecular formula is C70H108N30O35P6S. The number of rotatable bonds is 44. The van der Waals surface area contributed by atoms with Gasteiger partial charge in [0.15, 0.2) is 67.0 Å². The molecule has 0 spiro atoms. The Hall–Kier alpha value is -12.0. The second-order valence-electron chi connectivity index (χ2n) is 31.5. The second-order valence-corrected chi connectivity index (χ2v) is 42.9. The molecule has 0 aliphatic rings. The number of H-pyrrole nitrogens is 6. The van der Waals surface area contributed by atoms with Gasteiger partial charge in [-0.15, -0.1) is 11.8 Å². The maximum Gasteiger partial charge on any atom is 0.510 e. The summed E-state index contributed by atoms with van der Waals surface area (Å²) in [6.07, 6.45) is 2.56. The normalized spacial score (nSPS) is 12.9. The van der Waals surface area contributed by atoms with E-state index in [1.807, 2.05) is 27.7 Å². The SMILES string of the molecule is C=C(COCP(=O)(O)O)Cn1cnc2c(=O)[nH]c(N)nc21.C=C(COCP(=O)(OCOC(=O)OC(C)C)OCOC(=O)OC(C)C)Cn1cnc2c(=O)[nH]c(N)nc21.CC(COCP(=O)(O)O)Cn1cnc2c(=O)[nH]c(N)nc21.C[C@@H](COCP(=O)(O)O)Cn1cnc2c(=O)[nH]c(N)nc21.C[C@@H](CSCP(=O)(O)O)Cn1cnc2c(=O)[nH]c(N)nc21.C[C@H](COCP(=O)(O)O)Cn1cnc2c(=O)[nH]c(N)nc21. The van der Waals surface area contributed by atoms with E-state index in [0.717, 1.165) is 0 Å². The van der Waals surface area contributed by atoms with Crippen LogP contribution in [0.15, 0.2) is 91.0 Å². The summed E-state index contributed by atoms with van der Waals surface area (Å²) in [4.78, 5) is 242. The standard InChI is InChI=1S/C20H30N5O11P.3C10H16N5O5P.C10H14N5O5P.C10H16N5O4PS/c1-12(2)35-19(27)31-9-33-37(29,34-10-32-20(28)36-13(3)4)11-30-7-14(5)6-25-8-22-15-16(25)23-18(21)24-17(15)26;4*1-6(3-20-5-21(17,18)19)2-15-4-12-7-8(15)13-10(11)14-9(7)16;1-6(3-21-5-20(17,18)19)2-15-4-12-7-8(15)13-10(11)14-9(7)16/h8,12-13H,5-7,9-11H2,1-4H3,(H3,21,23,24,26);3*4,6H,2-3,5H2,1H3,(H2,17,18,19)(H3,11,13,14,16);4H,1-3,5H2,(H2,17,18,19)(H3,11,13,14,16);4,6H,2-3,5H2,1H3,(H2,17,18,19)(H3,11,13,14,16)/t;2*6-;;;6-/m.10..1/s1. The van der Waals surface area contributed by atoms with Crippen LogP contribution in [0, 0.1) is 23.7 Å². The fourth-order valence-electron chi connectivity index (χ4n) is 11.7. The number of thioether (sulfide) groups is 1. The molecule has 12 aromatic rings. The fourth-order valence-corrected chi connectivity index (χ4v) is 15.9. The van der Waals surface area contributed by atoms with Gasteiger partial charge in [0.05, 0.1) is 88.7 Å². The molecule has 784 valence electrons. The maximum absolute atomic E-state index is 13.0. The van der Waals surface area contributed by atoms with Gasteiger partial charge in [-0.3, -0.25) is 95.1 Å². The lowest BCUT2D eigenvalue weighted by atomic mass is 10.2. The van der Waals surface area contributed by atoms with Crippen molar-refractivity contribution in [3.05, 3.63) is 124 Å². The Morgan fingerprint density at radius 1 is 0.359 bits per heavy atom. The average molecular weight is 2150 g/mol. The van der Waals surface area contributed by atoms with Crippen LogP contribution in [0.2, 0.25) is 0 Å². The van der Waals surface area contributed by atoms with E-state index >= 15 is 0 Å². The van der Waals surface area contributed by atoms with Crippen molar-refractivity contribution in [2.24, 2.45) is 23.7 Å². The highest BCUT2D eigenvalue weighted by atomic mass is 32.2. The van der Waals surface area contributed by atoms with E-state index in [2.05, 4.69) is 112 Å². The molecule has 4 atom stereocenters. The predicted octanol–water partition coefficient (Wildman–Crippen LogP) is 0.582. The number of nitrogens with zero attached hydrogens (tertiary/aromatic N) is 18. The number of imidazole rings is 6. The first kappa shape index (κ1) is 117. The van der Waals surface area contributed by atoms with Crippen LogP contribution in [0.25, 0.3) is 67.0 Å². The molecule has 28 N–H and O–H groups in total. The summed E-state index contributed by atoms with van der Waals surface area (Å²) in [5.41, 5.74) is 34.3. The molecule has 12 heterocycles. The van der Waals surface area contributed by atoms with Gasteiger partial charge in [0.1, 0.15) is 31.7 Å². The molecule has 0 radical (unpaired) electrons. The molecule has 1 unspecified atom stereocenters. The van der Waals surface area contributed by atoms with Crippen molar-refractivity contribution >= 4 is 172 Å². The van der Waals surface area contributed by atoms with Crippen molar-refractivity contribution in [2.45, 2.75) is 107 Å². The lowest BCUT2D eigenvalue weighted by molar-refractivity contribution is -0.0340. The van der Waals surface area contributed by atoms with Crippen molar-refractivity contribution in [1.29, 1.82) is 0 Å². The van der Waals surface area contributed by atoms with E-state index in [9.17, 15) is 65.7 Å². The van der Waals surface area contributed by atoms with E-state index < -0.39 is 143 Å². The average Bonchev–Trinajstić information content (AvgIpc) is 1.68. The molecule has 0 fully saturated rings. The molecule has 0 aromatic carbocycles. The van der Waals surface area contributed by atoms with Gasteiger partial charge in [-0.1, -0.05) is 40.9 Å². The third kappa shape index (κ3) is 40.4. The number of nitrogen functional groups attached to an aromatic ring is 6. The number of hydrogen-bond donors (Lipinski definition) is 22. The number of carbonyl (C=O) groups is 2. The Morgan fingerprint density at radius 2 is 0.592 bits per heavy atom. The zero-order chi connectivity index (χ0) is 106. The van der Waals surface area contributed by atoms with Crippen LogP contribution in [0.1, 0.15) is 55.4 Å². The molecule has 12 rings (SSSR count). The van der Waals surface area contributed by atoms with Gasteiger partial charge in [-0.05, 0) is 68.3 Å². The van der Waals surface area contributed by atoms with Crippen LogP contribution >= 0.6 is 57.3 Å². The van der Waals surface area contributed by atoms with E-state index in [-0.39, 0.29) is 155 Å². The van der Waals surface area contributed by atoms with Gasteiger partial charge >= 0.3 is 57.9 Å². The summed E-state index contributed by atoms with van der Waals surface area (Å²) >= 11 is 1.19. The Labute approximate surface area is 802 Å². The van der Waals surface area contributed by atoms with Crippen molar-refractivity contribution in [1.82, 2.24) is 117 Å². The number of aromatic nitrogens is 24. The van der Waals surface area contributed by atoms with Crippen molar-refractivity contribution in [3.8, 4) is 0 Å². The molecule has 12 aromatic heterocycles. The minimum absolute atomic E-state index is 0.000322. The number of ether oxygens (including phenoxy) is 9. The number of anilines is 6. The maximum atomic E-state index is 13.0. The summed E-state index contributed by atoms with van der Waals surface area (Å²) in [5.74, 6) is 0.443. The van der Waals surface area contributed by atoms with Crippen molar-refractivity contribution in [3.63, 3.8) is 0 Å². The lowest BCUT2D eigenvalue weighted by Crippen LogP contribution is -2.17. The molecule has 65 nitrogen and oxygen atoms in total. The highest BCUT2D eigenvalue weighted by Gasteiger charge is 2.30. The van der Waals surface area contributed by atoms with Crippen molar-refractivity contribution in [2.75, 3.05) is 124 Å². The number of fused-ring (bicyclic) bond motifs is 6. The minimum atomic E-state index is -4.20. The Bertz CT molecular complexity index is 6490. The van der Waals surface area contributed by atoms with Crippen LogP contribution < -0.4 is 67.8 Å². The molecule has 0 amide bonds. The first-order valence-corrected chi connectivity index (χ1v) is 52.9. The van der Waals surface area contributed by atoms with Crippen LogP contribution in [0.4, 0.5) is 45.3 Å². The van der Waals surface area contributed by atoms with Gasteiger partial charge in [0, 0.05) is 39.3 Å². The summed E-state index contributed by atoms with van der Waals surface area (Å²) in [5, 5.41) is 0. The van der Waals surface area contributed by atoms with E-state index in [1.165, 1.54) is 54.3 Å². The molecule has 0 aliphatic heterocycles. The fraction of sp³-hybridized carbons (Fsp3) is 0.486. The second kappa shape index (κ2) is 52.8. The smallest absolute Gasteiger partial charge is 0.432 e. The van der Waals surface area contributed by atoms with Gasteiger partial charge in [-0.2, -0.15) is 29.9 Å². The molecule has 0 saturated heterocycles. The van der Waals surface area contributed by atoms with Crippen molar-refractivity contribution < 1.29 is 138 Å². The number of hydrogen-bond acceptors (Lipinski definition) is 44. The van der Waals surface area contributed by atoms with Gasteiger partial charge < -0.3 is 153 Å². The van der Waals surface area contributed by atoms with Crippen LogP contribution in [0.5, 0.6) is 0 Å². The monoisotopic (exact) mass is 2150 g/mol. The summed E-state index contributed by atoms with van der Waals surface area (Å²) in [6.45, 7) is 22.4. The summed E-state index contributed by atoms with van der Waals surface area (Å²) < 4.78 is 130. The molecule has 142 heavy (non-hydrogen) atoms. The Morgan fingerprint density at radius 3 is 0.838 bits per heavy atom. The summed E-state index contributed by atoms with van der Waals surface area (Å²) in [7, 11) is -24.8. The number of nitrogens with two attached hydrogens (primary N) is 6. The van der Waals surface area contributed by atoms with E-state index in [0.29, 0.717) is 71.3 Å². The summed E-state index contributed by atoms with van der Waals surface area (Å²) in [6, 6.07) is 0. The first-order valence-electron chi connectivity index (χ1n) is 41.0. The highest BCUT2D eigenvalue weighted by Crippen LogP contribution is 2.48. The quantitative estimate of drug-likeness (QED) is 0.0107. The third-order valence-electron chi connectivity index (χ3n) is 17.1. The molecule has 72 heteroatoms. The molecule has 0 saturated carbocycles. The number of aromatic amines is 6. The van der Waals surface area contributed by atoms with Gasteiger partial charge in [0.25, 0.3) is 33.4 Å². The first-order chi connectivity index (χ1) is 66.2. The molecule has 0 aliphatic carbocycles. The Kier molecular flexibility index (Phi) is 43.5. The zero-order valence-electron chi connectivity index (χ0n) is 76.8. The van der Waals surface area contributed by atoms with E-state index in [1.54, 1.807) is 50.5 Å². The van der Waals surface area contributed by atoms with Crippen LogP contribution in [0.3, 0.4) is 0 Å². The van der Waals surface area contributed by atoms with Crippen LogP contribution in [-0.4, -0.2) is 280 Å². The lowest BCUT2D eigenvalue weighted by Gasteiger charge is -2.19. The Balaban J connectivity index is 0.000000235. The van der Waals surface area contributed by atoms with E-state index in [4.69, 9.17) is 126 Å². The third-order valence-corrected chi connectivity index (χ3v) is 23.5. The molecule has 0 bridgehead atoms. The predicted molar refractivity (Wildman–Crippen MR) is 507 cm³/mol. The molecular weight excluding hydrogens is 2040 g/mol. The van der Waals surface area contributed by atoms with Gasteiger partial charge in [0.2, 0.25) is 49.3 Å². The number of carbonyl (C=O) groups excluding carboxylic acids is 2. The van der Waals surface area contributed by atoms with Gasteiger partial charge in [-0.25, -0.2) is 39.5 Å². The highest BCUT2D eigenvalue weighted by molar-refractivity contribution is 8.04.